The van der Waals surface area contributed by atoms with Gasteiger partial charge in [-0.15, -0.1) is 0 Å². The molecule has 0 radical (unpaired) electrons. The molecule has 1 rings (SSSR count). The molecule has 1 aromatic carbocycles. The molecule has 0 fully saturated rings. The number of nitro benzene ring substituents is 1. The van der Waals surface area contributed by atoms with Gasteiger partial charge in [0.15, 0.2) is 0 Å². The number of hydrogen-bond donors (Lipinski definition) is 3. The first-order chi connectivity index (χ1) is 7.58. The lowest BCUT2D eigenvalue weighted by molar-refractivity contribution is -0.384. The number of nitro groups is 1. The van der Waals surface area contributed by atoms with Crippen molar-refractivity contribution in [3.8, 4) is 0 Å². The van der Waals surface area contributed by atoms with Crippen LogP contribution in [0.5, 0.6) is 0 Å². The molecule has 0 aliphatic carbocycles. The fourth-order valence-corrected chi connectivity index (χ4v) is 1.25. The molecule has 1 aromatic rings. The van der Waals surface area contributed by atoms with E-state index >= 15 is 0 Å². The predicted octanol–water partition coefficient (Wildman–Crippen LogP) is 0.668. The first-order valence-corrected chi connectivity index (χ1v) is 4.81. The Hall–Kier alpha value is -1.66. The molecule has 6 nitrogen and oxygen atoms in total. The number of anilines is 1. The molecule has 0 saturated carbocycles. The smallest absolute Gasteiger partial charge is 0.271 e. The van der Waals surface area contributed by atoms with E-state index < -0.39 is 11.0 Å². The van der Waals surface area contributed by atoms with Gasteiger partial charge in [-0.3, -0.25) is 10.1 Å². The Bertz CT molecular complexity index is 377. The lowest BCUT2D eigenvalue weighted by Gasteiger charge is -2.16. The van der Waals surface area contributed by atoms with Crippen molar-refractivity contribution in [3.05, 3.63) is 33.9 Å². The fourth-order valence-electron chi connectivity index (χ4n) is 1.25. The third-order valence-corrected chi connectivity index (χ3v) is 2.23. The number of aryl methyl sites for hydroxylation is 1. The van der Waals surface area contributed by atoms with Crippen molar-refractivity contribution in [3.63, 3.8) is 0 Å². The van der Waals surface area contributed by atoms with E-state index in [0.717, 1.165) is 5.56 Å². The lowest BCUT2D eigenvalue weighted by Crippen LogP contribution is -2.28. The third kappa shape index (κ3) is 2.91. The Balaban J connectivity index is 2.93. The van der Waals surface area contributed by atoms with Gasteiger partial charge in [-0.25, -0.2) is 0 Å². The quantitative estimate of drug-likeness (QED) is 0.506. The van der Waals surface area contributed by atoms with Gasteiger partial charge >= 0.3 is 0 Å². The first kappa shape index (κ1) is 12.4. The van der Waals surface area contributed by atoms with E-state index in [9.17, 15) is 10.1 Å². The van der Waals surface area contributed by atoms with E-state index in [1.807, 2.05) is 0 Å². The molecule has 0 saturated heterocycles. The molecule has 88 valence electrons. The molecular formula is C10H14N2O4. The van der Waals surface area contributed by atoms with Crippen molar-refractivity contribution in [2.45, 2.75) is 13.0 Å². The molecule has 0 aliphatic rings. The summed E-state index contributed by atoms with van der Waals surface area (Å²) in [7, 11) is 0. The summed E-state index contributed by atoms with van der Waals surface area (Å²) in [5, 5.41) is 31.2. The normalized spacial score (nSPS) is 10.5. The van der Waals surface area contributed by atoms with Gasteiger partial charge in [-0.2, -0.15) is 0 Å². The van der Waals surface area contributed by atoms with Crippen molar-refractivity contribution in [2.75, 3.05) is 18.5 Å². The summed E-state index contributed by atoms with van der Waals surface area (Å²) in [6, 6.07) is 3.90. The largest absolute Gasteiger partial charge is 0.394 e. The van der Waals surface area contributed by atoms with Crippen LogP contribution in [-0.4, -0.2) is 34.4 Å². The Morgan fingerprint density at radius 1 is 1.44 bits per heavy atom. The predicted molar refractivity (Wildman–Crippen MR) is 59.4 cm³/mol. The molecule has 3 N–H and O–H groups in total. The summed E-state index contributed by atoms with van der Waals surface area (Å²) >= 11 is 0. The van der Waals surface area contributed by atoms with Crippen LogP contribution in [-0.2, 0) is 0 Å². The minimum atomic E-state index is -0.513. The van der Waals surface area contributed by atoms with Gasteiger partial charge in [0.05, 0.1) is 24.2 Å². The molecule has 0 spiro atoms. The average Bonchev–Trinajstić information content (AvgIpc) is 2.27. The molecule has 0 unspecified atom stereocenters. The summed E-state index contributed by atoms with van der Waals surface area (Å²) in [5.74, 6) is 0. The van der Waals surface area contributed by atoms with E-state index in [2.05, 4.69) is 5.32 Å². The molecule has 0 aromatic heterocycles. The minimum absolute atomic E-state index is 0.0253. The SMILES string of the molecule is Cc1ccc([N+](=O)[O-])cc1NC(CO)CO. The molecule has 6 heteroatoms. The van der Waals surface area contributed by atoms with Crippen molar-refractivity contribution in [1.29, 1.82) is 0 Å². The van der Waals surface area contributed by atoms with Crippen LogP contribution in [0.1, 0.15) is 5.56 Å². The Kier molecular flexibility index (Phi) is 4.21. The summed E-state index contributed by atoms with van der Waals surface area (Å²) < 4.78 is 0. The first-order valence-electron chi connectivity index (χ1n) is 4.81. The number of rotatable bonds is 5. The van der Waals surface area contributed by atoms with Crippen LogP contribution in [0.3, 0.4) is 0 Å². The molecule has 0 amide bonds. The second-order valence-electron chi connectivity index (χ2n) is 3.46. The zero-order valence-electron chi connectivity index (χ0n) is 8.88. The number of nitrogens with one attached hydrogen (secondary N) is 1. The van der Waals surface area contributed by atoms with E-state index in [1.165, 1.54) is 12.1 Å². The van der Waals surface area contributed by atoms with E-state index in [-0.39, 0.29) is 18.9 Å². The standard InChI is InChI=1S/C10H14N2O4/c1-7-2-3-9(12(15)16)4-10(7)11-8(5-13)6-14/h2-4,8,11,13-14H,5-6H2,1H3. The summed E-state index contributed by atoms with van der Waals surface area (Å²) in [6.07, 6.45) is 0. The Labute approximate surface area is 92.7 Å². The summed E-state index contributed by atoms with van der Waals surface area (Å²) in [6.45, 7) is 1.31. The summed E-state index contributed by atoms with van der Waals surface area (Å²) in [5.41, 5.74) is 1.34. The molecule has 16 heavy (non-hydrogen) atoms. The number of aliphatic hydroxyl groups is 2. The van der Waals surface area contributed by atoms with Crippen LogP contribution >= 0.6 is 0 Å². The second-order valence-corrected chi connectivity index (χ2v) is 3.46. The molecule has 0 bridgehead atoms. The van der Waals surface area contributed by atoms with Crippen LogP contribution in [0, 0.1) is 17.0 Å². The van der Waals surface area contributed by atoms with Crippen LogP contribution in [0.25, 0.3) is 0 Å². The fraction of sp³-hybridized carbons (Fsp3) is 0.400. The van der Waals surface area contributed by atoms with Gasteiger partial charge in [0.25, 0.3) is 5.69 Å². The molecule has 0 heterocycles. The van der Waals surface area contributed by atoms with Crippen LogP contribution < -0.4 is 5.32 Å². The number of non-ortho nitro benzene ring substituents is 1. The number of aliphatic hydroxyl groups excluding tert-OH is 2. The maximum absolute atomic E-state index is 10.6. The van der Waals surface area contributed by atoms with Crippen molar-refractivity contribution >= 4 is 11.4 Å². The van der Waals surface area contributed by atoms with Crippen LogP contribution in [0.15, 0.2) is 18.2 Å². The maximum atomic E-state index is 10.6. The highest BCUT2D eigenvalue weighted by atomic mass is 16.6. The molecule has 0 atom stereocenters. The molecular weight excluding hydrogens is 212 g/mol. The van der Waals surface area contributed by atoms with Crippen LogP contribution in [0.4, 0.5) is 11.4 Å². The molecule has 0 aliphatic heterocycles. The van der Waals surface area contributed by atoms with E-state index in [1.54, 1.807) is 13.0 Å². The second kappa shape index (κ2) is 5.43. The van der Waals surface area contributed by atoms with Gasteiger partial charge < -0.3 is 15.5 Å². The number of benzene rings is 1. The average molecular weight is 226 g/mol. The van der Waals surface area contributed by atoms with Gasteiger partial charge in [0.1, 0.15) is 0 Å². The van der Waals surface area contributed by atoms with E-state index in [0.29, 0.717) is 5.69 Å². The van der Waals surface area contributed by atoms with E-state index in [4.69, 9.17) is 10.2 Å². The monoisotopic (exact) mass is 226 g/mol. The van der Waals surface area contributed by atoms with Crippen molar-refractivity contribution in [2.24, 2.45) is 0 Å². The topological polar surface area (TPSA) is 95.6 Å². The highest BCUT2D eigenvalue weighted by molar-refractivity contribution is 5.57. The van der Waals surface area contributed by atoms with Gasteiger partial charge in [0.2, 0.25) is 0 Å². The lowest BCUT2D eigenvalue weighted by atomic mass is 10.1. The maximum Gasteiger partial charge on any atom is 0.271 e. The third-order valence-electron chi connectivity index (χ3n) is 2.23. The van der Waals surface area contributed by atoms with Gasteiger partial charge in [0, 0.05) is 17.8 Å². The minimum Gasteiger partial charge on any atom is -0.394 e. The van der Waals surface area contributed by atoms with Crippen molar-refractivity contribution in [1.82, 2.24) is 0 Å². The summed E-state index contributed by atoms with van der Waals surface area (Å²) in [4.78, 5) is 10.1. The number of nitrogens with zero attached hydrogens (tertiary/aromatic N) is 1. The highest BCUT2D eigenvalue weighted by Gasteiger charge is 2.11. The van der Waals surface area contributed by atoms with Gasteiger partial charge in [-0.1, -0.05) is 6.07 Å². The Morgan fingerprint density at radius 2 is 2.06 bits per heavy atom. The zero-order chi connectivity index (χ0) is 12.1. The van der Waals surface area contributed by atoms with Crippen LogP contribution in [0.2, 0.25) is 0 Å². The highest BCUT2D eigenvalue weighted by Crippen LogP contribution is 2.22. The Morgan fingerprint density at radius 3 is 2.56 bits per heavy atom. The zero-order valence-corrected chi connectivity index (χ0v) is 8.88. The van der Waals surface area contributed by atoms with Gasteiger partial charge in [-0.05, 0) is 12.5 Å². The number of hydrogen-bond acceptors (Lipinski definition) is 5. The van der Waals surface area contributed by atoms with Crippen molar-refractivity contribution < 1.29 is 15.1 Å².